The number of hydrazone groups is 1. The monoisotopic (exact) mass is 379 g/mol. The standard InChI is InChI=1S/C22H25N3O3/c26-21(24-19-9-5-2-6-10-19)22(27)25-23-15-17-11-13-20(14-12-17)28-16-18-7-3-1-4-8-18/h1,3-4,7-8,11-15,19H,2,5-6,9-10,16H2,(H,24,26)(H,25,27)/b23-15-. The van der Waals surface area contributed by atoms with Gasteiger partial charge >= 0.3 is 11.8 Å². The topological polar surface area (TPSA) is 79.8 Å². The van der Waals surface area contributed by atoms with Gasteiger partial charge in [-0.15, -0.1) is 0 Å². The quantitative estimate of drug-likeness (QED) is 0.460. The van der Waals surface area contributed by atoms with E-state index in [9.17, 15) is 9.59 Å². The molecule has 6 nitrogen and oxygen atoms in total. The minimum atomic E-state index is -0.746. The molecule has 1 fully saturated rings. The Hall–Kier alpha value is -3.15. The average molecular weight is 379 g/mol. The first-order valence-electron chi connectivity index (χ1n) is 9.61. The summed E-state index contributed by atoms with van der Waals surface area (Å²) in [6.07, 6.45) is 6.74. The smallest absolute Gasteiger partial charge is 0.329 e. The summed E-state index contributed by atoms with van der Waals surface area (Å²) in [5.41, 5.74) is 4.16. The Morgan fingerprint density at radius 2 is 1.68 bits per heavy atom. The number of benzene rings is 2. The highest BCUT2D eigenvalue weighted by Gasteiger charge is 2.19. The van der Waals surface area contributed by atoms with Crippen molar-refractivity contribution >= 4 is 18.0 Å². The molecular formula is C22H25N3O3. The van der Waals surface area contributed by atoms with Gasteiger partial charge in [0, 0.05) is 6.04 Å². The van der Waals surface area contributed by atoms with E-state index in [1.165, 1.54) is 12.6 Å². The first-order valence-corrected chi connectivity index (χ1v) is 9.61. The summed E-state index contributed by atoms with van der Waals surface area (Å²) in [5.74, 6) is -0.629. The minimum absolute atomic E-state index is 0.0967. The van der Waals surface area contributed by atoms with Crippen LogP contribution in [0.5, 0.6) is 5.75 Å². The maximum absolute atomic E-state index is 11.9. The number of hydrogen-bond donors (Lipinski definition) is 2. The van der Waals surface area contributed by atoms with Gasteiger partial charge in [0.05, 0.1) is 6.21 Å². The maximum atomic E-state index is 11.9. The lowest BCUT2D eigenvalue weighted by atomic mass is 9.95. The van der Waals surface area contributed by atoms with Gasteiger partial charge in [0.15, 0.2) is 0 Å². The van der Waals surface area contributed by atoms with E-state index in [0.717, 1.165) is 42.6 Å². The third kappa shape index (κ3) is 6.23. The zero-order valence-corrected chi connectivity index (χ0v) is 15.8. The van der Waals surface area contributed by atoms with Crippen molar-refractivity contribution in [2.45, 2.75) is 44.8 Å². The van der Waals surface area contributed by atoms with Crippen molar-refractivity contribution in [3.05, 3.63) is 65.7 Å². The lowest BCUT2D eigenvalue weighted by Crippen LogP contribution is -2.44. The zero-order chi connectivity index (χ0) is 19.6. The number of ether oxygens (including phenoxy) is 1. The molecule has 1 aliphatic carbocycles. The number of nitrogens with zero attached hydrogens (tertiary/aromatic N) is 1. The fourth-order valence-corrected chi connectivity index (χ4v) is 3.11. The van der Waals surface area contributed by atoms with Crippen molar-refractivity contribution in [3.8, 4) is 5.75 Å². The SMILES string of the molecule is O=C(N/N=C\c1ccc(OCc2ccccc2)cc1)C(=O)NC1CCCCC1. The van der Waals surface area contributed by atoms with Crippen molar-refractivity contribution in [1.29, 1.82) is 0 Å². The number of carbonyl (C=O) groups excluding carboxylic acids is 2. The lowest BCUT2D eigenvalue weighted by molar-refractivity contribution is -0.139. The van der Waals surface area contributed by atoms with Crippen molar-refractivity contribution in [3.63, 3.8) is 0 Å². The summed E-state index contributed by atoms with van der Waals surface area (Å²) < 4.78 is 5.73. The van der Waals surface area contributed by atoms with Gasteiger partial charge in [-0.2, -0.15) is 5.10 Å². The average Bonchev–Trinajstić information content (AvgIpc) is 2.74. The molecule has 3 rings (SSSR count). The van der Waals surface area contributed by atoms with E-state index in [1.54, 1.807) is 0 Å². The molecule has 1 saturated carbocycles. The van der Waals surface area contributed by atoms with Crippen LogP contribution in [-0.4, -0.2) is 24.1 Å². The number of amides is 2. The van der Waals surface area contributed by atoms with Crippen LogP contribution >= 0.6 is 0 Å². The molecule has 0 bridgehead atoms. The summed E-state index contributed by atoms with van der Waals surface area (Å²) in [5, 5.41) is 6.61. The van der Waals surface area contributed by atoms with Crippen LogP contribution in [0.2, 0.25) is 0 Å². The molecular weight excluding hydrogens is 354 g/mol. The van der Waals surface area contributed by atoms with E-state index in [4.69, 9.17) is 4.74 Å². The highest BCUT2D eigenvalue weighted by molar-refractivity contribution is 6.35. The summed E-state index contributed by atoms with van der Waals surface area (Å²) in [6.45, 7) is 0.500. The molecule has 0 aliphatic heterocycles. The van der Waals surface area contributed by atoms with Gasteiger partial charge in [-0.05, 0) is 48.2 Å². The number of nitrogens with one attached hydrogen (secondary N) is 2. The van der Waals surface area contributed by atoms with E-state index in [2.05, 4.69) is 15.8 Å². The van der Waals surface area contributed by atoms with Gasteiger partial charge < -0.3 is 10.1 Å². The molecule has 0 aromatic heterocycles. The Kier molecular flexibility index (Phi) is 7.18. The molecule has 0 radical (unpaired) electrons. The van der Waals surface area contributed by atoms with E-state index in [0.29, 0.717) is 6.61 Å². The molecule has 146 valence electrons. The maximum Gasteiger partial charge on any atom is 0.329 e. The third-order valence-electron chi connectivity index (χ3n) is 4.65. The van der Waals surface area contributed by atoms with Crippen LogP contribution in [0.1, 0.15) is 43.2 Å². The predicted molar refractivity (Wildman–Crippen MR) is 108 cm³/mol. The van der Waals surface area contributed by atoms with Crippen LogP contribution in [0.25, 0.3) is 0 Å². The number of hydrogen-bond acceptors (Lipinski definition) is 4. The van der Waals surface area contributed by atoms with Crippen LogP contribution in [0.15, 0.2) is 59.7 Å². The highest BCUT2D eigenvalue weighted by Crippen LogP contribution is 2.17. The van der Waals surface area contributed by atoms with Crippen LogP contribution in [0, 0.1) is 0 Å². The molecule has 1 aliphatic rings. The Morgan fingerprint density at radius 3 is 2.39 bits per heavy atom. The van der Waals surface area contributed by atoms with Crippen LogP contribution in [0.3, 0.4) is 0 Å². The summed E-state index contributed by atoms with van der Waals surface area (Å²) >= 11 is 0. The van der Waals surface area contributed by atoms with Crippen LogP contribution in [-0.2, 0) is 16.2 Å². The third-order valence-corrected chi connectivity index (χ3v) is 4.65. The van der Waals surface area contributed by atoms with Crippen LogP contribution in [0.4, 0.5) is 0 Å². The van der Waals surface area contributed by atoms with E-state index in [1.807, 2.05) is 54.6 Å². The molecule has 2 N–H and O–H groups in total. The molecule has 2 aromatic carbocycles. The van der Waals surface area contributed by atoms with Gasteiger partial charge in [0.25, 0.3) is 0 Å². The Bertz CT molecular complexity index is 798. The second-order valence-corrected chi connectivity index (χ2v) is 6.85. The van der Waals surface area contributed by atoms with Gasteiger partial charge in [-0.1, -0.05) is 49.6 Å². The van der Waals surface area contributed by atoms with E-state index >= 15 is 0 Å². The van der Waals surface area contributed by atoms with Gasteiger partial charge in [-0.25, -0.2) is 5.43 Å². The first kappa shape index (κ1) is 19.6. The predicted octanol–water partition coefficient (Wildman–Crippen LogP) is 3.16. The molecule has 0 unspecified atom stereocenters. The summed E-state index contributed by atoms with van der Waals surface area (Å²) in [6, 6.07) is 17.4. The van der Waals surface area contributed by atoms with Gasteiger partial charge in [0.2, 0.25) is 0 Å². The number of carbonyl (C=O) groups is 2. The Balaban J connectivity index is 1.42. The summed E-state index contributed by atoms with van der Waals surface area (Å²) in [7, 11) is 0. The molecule has 0 saturated heterocycles. The lowest BCUT2D eigenvalue weighted by Gasteiger charge is -2.22. The zero-order valence-electron chi connectivity index (χ0n) is 15.8. The van der Waals surface area contributed by atoms with Crippen LogP contribution < -0.4 is 15.5 Å². The van der Waals surface area contributed by atoms with E-state index < -0.39 is 11.8 Å². The Labute approximate surface area is 165 Å². The molecule has 0 atom stereocenters. The normalized spacial score (nSPS) is 14.6. The number of rotatable bonds is 6. The van der Waals surface area contributed by atoms with Crippen molar-refractivity contribution in [1.82, 2.24) is 10.7 Å². The first-order chi connectivity index (χ1) is 13.7. The highest BCUT2D eigenvalue weighted by atomic mass is 16.5. The van der Waals surface area contributed by atoms with Crippen molar-refractivity contribution in [2.75, 3.05) is 0 Å². The molecule has 0 spiro atoms. The summed E-state index contributed by atoms with van der Waals surface area (Å²) in [4.78, 5) is 23.7. The molecule has 6 heteroatoms. The largest absolute Gasteiger partial charge is 0.489 e. The van der Waals surface area contributed by atoms with Gasteiger partial charge in [0.1, 0.15) is 12.4 Å². The van der Waals surface area contributed by atoms with Crippen molar-refractivity contribution in [2.24, 2.45) is 5.10 Å². The minimum Gasteiger partial charge on any atom is -0.489 e. The fraction of sp³-hybridized carbons (Fsp3) is 0.318. The second-order valence-electron chi connectivity index (χ2n) is 6.85. The second kappa shape index (κ2) is 10.3. The fourth-order valence-electron chi connectivity index (χ4n) is 3.11. The Morgan fingerprint density at radius 1 is 0.964 bits per heavy atom. The van der Waals surface area contributed by atoms with E-state index in [-0.39, 0.29) is 6.04 Å². The van der Waals surface area contributed by atoms with Crippen molar-refractivity contribution < 1.29 is 14.3 Å². The molecule has 28 heavy (non-hydrogen) atoms. The molecule has 2 aromatic rings. The van der Waals surface area contributed by atoms with Gasteiger partial charge in [-0.3, -0.25) is 9.59 Å². The molecule has 0 heterocycles. The molecule has 2 amide bonds.